The molecule has 14 heavy (non-hydrogen) atoms. The molecule has 0 bridgehead atoms. The third kappa shape index (κ3) is 2.06. The van der Waals surface area contributed by atoms with Crippen molar-refractivity contribution in [2.75, 3.05) is 12.0 Å². The number of sulfone groups is 1. The van der Waals surface area contributed by atoms with Crippen LogP contribution in [0, 0.1) is 0 Å². The quantitative estimate of drug-likeness (QED) is 0.798. The second-order valence-electron chi connectivity index (χ2n) is 2.52. The normalized spacial score (nSPS) is 11.7. The summed E-state index contributed by atoms with van der Waals surface area (Å²) in [6.07, 6.45) is 0.949. The Morgan fingerprint density at radius 2 is 1.86 bits per heavy atom. The molecule has 0 saturated heterocycles. The van der Waals surface area contributed by atoms with E-state index in [1.807, 2.05) is 0 Å². The largest absolute Gasteiger partial charge is 0.396 e. The van der Waals surface area contributed by atoms with Gasteiger partial charge in [-0.25, -0.2) is 13.4 Å². The van der Waals surface area contributed by atoms with Crippen LogP contribution in [0.3, 0.4) is 0 Å². The van der Waals surface area contributed by atoms with Crippen LogP contribution in [0.15, 0.2) is 5.03 Å². The molecule has 0 fully saturated rings. The van der Waals surface area contributed by atoms with Crippen molar-refractivity contribution in [2.24, 2.45) is 0 Å². The van der Waals surface area contributed by atoms with Crippen molar-refractivity contribution >= 4 is 50.3 Å². The molecular formula is C6H5Cl3N2O2S. The smallest absolute Gasteiger partial charge is 0.194 e. The van der Waals surface area contributed by atoms with Crippen molar-refractivity contribution in [3.8, 4) is 0 Å². The van der Waals surface area contributed by atoms with Gasteiger partial charge >= 0.3 is 0 Å². The van der Waals surface area contributed by atoms with Crippen LogP contribution in [0.25, 0.3) is 0 Å². The van der Waals surface area contributed by atoms with Gasteiger partial charge in [0.15, 0.2) is 20.0 Å². The van der Waals surface area contributed by atoms with Gasteiger partial charge in [-0.05, 0) is 0 Å². The molecule has 0 aliphatic rings. The number of hydrogen-bond donors (Lipinski definition) is 1. The Balaban J connectivity index is 3.66. The van der Waals surface area contributed by atoms with Crippen molar-refractivity contribution in [2.45, 2.75) is 5.03 Å². The van der Waals surface area contributed by atoms with Crippen LogP contribution >= 0.6 is 34.8 Å². The van der Waals surface area contributed by atoms with Gasteiger partial charge in [0.05, 0.1) is 5.69 Å². The van der Waals surface area contributed by atoms with E-state index in [1.54, 1.807) is 0 Å². The zero-order valence-corrected chi connectivity index (χ0v) is 9.97. The zero-order chi connectivity index (χ0) is 11.1. The topological polar surface area (TPSA) is 73.0 Å². The SMILES string of the molecule is CS(=O)(=O)[14c]1n[14c](Cl)c(Cl)c(N)c1Cl. The number of pyridine rings is 1. The Labute approximate surface area is 95.9 Å². The van der Waals surface area contributed by atoms with E-state index in [-0.39, 0.29) is 25.9 Å². The monoisotopic (exact) mass is 278 g/mol. The van der Waals surface area contributed by atoms with Gasteiger partial charge in [0.25, 0.3) is 0 Å². The Morgan fingerprint density at radius 3 is 2.29 bits per heavy atom. The summed E-state index contributed by atoms with van der Waals surface area (Å²) >= 11 is 16.8. The summed E-state index contributed by atoms with van der Waals surface area (Å²) in [4.78, 5) is 3.54. The van der Waals surface area contributed by atoms with E-state index in [2.05, 4.69) is 4.98 Å². The van der Waals surface area contributed by atoms with Crippen LogP contribution in [0.4, 0.5) is 5.69 Å². The first-order valence-corrected chi connectivity index (χ1v) is 6.27. The Hall–Kier alpha value is -0.230. The van der Waals surface area contributed by atoms with Crippen molar-refractivity contribution in [1.82, 2.24) is 4.98 Å². The maximum atomic E-state index is 11.2. The fraction of sp³-hybridized carbons (Fsp3) is 0.167. The predicted octanol–water partition coefficient (Wildman–Crippen LogP) is 2.03. The molecule has 1 rings (SSSR count). The van der Waals surface area contributed by atoms with Gasteiger partial charge in [-0.1, -0.05) is 34.8 Å². The molecule has 0 atom stereocenters. The van der Waals surface area contributed by atoms with E-state index < -0.39 is 9.84 Å². The Morgan fingerprint density at radius 1 is 1.36 bits per heavy atom. The summed E-state index contributed by atoms with van der Waals surface area (Å²) < 4.78 is 22.3. The van der Waals surface area contributed by atoms with Crippen LogP contribution in [-0.2, 0) is 9.84 Å². The lowest BCUT2D eigenvalue weighted by atomic mass is 10.6. The second kappa shape index (κ2) is 3.73. The van der Waals surface area contributed by atoms with E-state index >= 15 is 0 Å². The van der Waals surface area contributed by atoms with Gasteiger partial charge in [-0.2, -0.15) is 0 Å². The highest BCUT2D eigenvalue weighted by Gasteiger charge is 2.20. The van der Waals surface area contributed by atoms with Crippen molar-refractivity contribution in [1.29, 1.82) is 0 Å². The summed E-state index contributed by atoms with van der Waals surface area (Å²) in [6.45, 7) is 0. The van der Waals surface area contributed by atoms with E-state index in [0.29, 0.717) is 0 Å². The lowest BCUT2D eigenvalue weighted by Crippen LogP contribution is -2.04. The lowest BCUT2D eigenvalue weighted by Gasteiger charge is -2.06. The van der Waals surface area contributed by atoms with Crippen LogP contribution in [0.5, 0.6) is 0 Å². The summed E-state index contributed by atoms with van der Waals surface area (Å²) in [6, 6.07) is 0. The second-order valence-corrected chi connectivity index (χ2v) is 5.57. The third-order valence-electron chi connectivity index (χ3n) is 1.39. The first-order valence-electron chi connectivity index (χ1n) is 3.25. The number of hydrogen-bond acceptors (Lipinski definition) is 4. The number of nitrogens with two attached hydrogens (primary N) is 1. The van der Waals surface area contributed by atoms with Crippen LogP contribution in [0.2, 0.25) is 15.2 Å². The summed E-state index contributed by atoms with van der Waals surface area (Å²) in [5, 5.41) is -0.814. The molecule has 1 heterocycles. The fourth-order valence-electron chi connectivity index (χ4n) is 0.756. The summed E-state index contributed by atoms with van der Waals surface area (Å²) in [5.41, 5.74) is 5.34. The molecule has 78 valence electrons. The number of nitrogens with zero attached hydrogens (tertiary/aromatic N) is 1. The van der Waals surface area contributed by atoms with Gasteiger partial charge in [0.1, 0.15) is 10.0 Å². The molecule has 2 N–H and O–H groups in total. The minimum atomic E-state index is -3.56. The highest BCUT2D eigenvalue weighted by atomic mass is 35.5. The molecule has 0 aliphatic heterocycles. The molecule has 0 radical (unpaired) electrons. The molecule has 1 aromatic heterocycles. The zero-order valence-electron chi connectivity index (χ0n) is 6.88. The van der Waals surface area contributed by atoms with E-state index in [1.165, 1.54) is 0 Å². The number of rotatable bonds is 1. The first-order chi connectivity index (χ1) is 6.25. The highest BCUT2D eigenvalue weighted by Crippen LogP contribution is 2.35. The number of nitrogen functional groups attached to an aromatic ring is 1. The van der Waals surface area contributed by atoms with Crippen molar-refractivity contribution in [3.63, 3.8) is 0 Å². The molecule has 0 spiro atoms. The molecule has 0 unspecified atom stereocenters. The Bertz CT molecular complexity index is 486. The first kappa shape index (κ1) is 11.8. The molecule has 0 aromatic carbocycles. The fourth-order valence-corrected chi connectivity index (χ4v) is 2.43. The van der Waals surface area contributed by atoms with E-state index in [9.17, 15) is 8.42 Å². The average Bonchev–Trinajstić information content (AvgIpc) is 2.06. The van der Waals surface area contributed by atoms with Crippen LogP contribution in [0.1, 0.15) is 0 Å². The summed E-state index contributed by atoms with van der Waals surface area (Å²) in [5.74, 6) is 0. The maximum Gasteiger partial charge on any atom is 0.194 e. The lowest BCUT2D eigenvalue weighted by molar-refractivity contribution is 0.598. The minimum absolute atomic E-state index is 0.0518. The number of halogens is 3. The van der Waals surface area contributed by atoms with Crippen molar-refractivity contribution < 1.29 is 8.42 Å². The standard InChI is InChI=1S/C6H5Cl3N2O2S/c1-14(12,13)6-3(8)4(10)2(7)5(9)11-6/h1H3,(H2,10,11)/i5+2,6+2. The minimum Gasteiger partial charge on any atom is -0.396 e. The van der Waals surface area contributed by atoms with Gasteiger partial charge in [-0.3, -0.25) is 0 Å². The van der Waals surface area contributed by atoms with E-state index in [4.69, 9.17) is 40.5 Å². The molecule has 8 heteroatoms. The molecule has 0 saturated carbocycles. The maximum absolute atomic E-state index is 11.2. The van der Waals surface area contributed by atoms with Gasteiger partial charge in [-0.15, -0.1) is 0 Å². The van der Waals surface area contributed by atoms with Gasteiger partial charge in [0, 0.05) is 6.26 Å². The molecule has 4 nitrogen and oxygen atoms in total. The number of aromatic nitrogens is 1. The highest BCUT2D eigenvalue weighted by molar-refractivity contribution is 7.90. The average molecular weight is 280 g/mol. The van der Waals surface area contributed by atoms with Gasteiger partial charge in [0.2, 0.25) is 0 Å². The predicted molar refractivity (Wildman–Crippen MR) is 56.8 cm³/mol. The third-order valence-corrected chi connectivity index (χ3v) is 3.64. The molecular weight excluding hydrogens is 274 g/mol. The molecule has 1 aromatic rings. The van der Waals surface area contributed by atoms with Crippen molar-refractivity contribution in [3.05, 3.63) is 15.2 Å². The van der Waals surface area contributed by atoms with Crippen LogP contribution in [-0.4, -0.2) is 19.7 Å². The molecule has 0 aliphatic carbocycles. The summed E-state index contributed by atoms with van der Waals surface area (Å²) in [7, 11) is -3.56. The Kier molecular flexibility index (Phi) is 3.16. The van der Waals surface area contributed by atoms with Crippen LogP contribution < -0.4 is 5.73 Å². The number of anilines is 1. The van der Waals surface area contributed by atoms with E-state index in [0.717, 1.165) is 6.26 Å². The van der Waals surface area contributed by atoms with Gasteiger partial charge < -0.3 is 5.73 Å². The molecule has 0 amide bonds.